The number of rotatable bonds is 4. The van der Waals surface area contributed by atoms with Crippen molar-refractivity contribution in [2.24, 2.45) is 11.3 Å². The lowest BCUT2D eigenvalue weighted by atomic mass is 9.69. The number of carbonyl (C=O) groups excluding carboxylic acids is 1. The Morgan fingerprint density at radius 1 is 1.17 bits per heavy atom. The van der Waals surface area contributed by atoms with Gasteiger partial charge in [-0.2, -0.15) is 0 Å². The SMILES string of the molecule is C[C@@]1(C2CCNCC2)CCCCN(CCc2ccccc2)C1=O. The lowest BCUT2D eigenvalue weighted by molar-refractivity contribution is -0.144. The molecule has 0 spiro atoms. The number of amides is 1. The molecule has 0 bridgehead atoms. The number of nitrogens with one attached hydrogen (secondary N) is 1. The van der Waals surface area contributed by atoms with E-state index in [1.807, 2.05) is 0 Å². The topological polar surface area (TPSA) is 32.3 Å². The third-order valence-corrected chi connectivity index (χ3v) is 5.90. The van der Waals surface area contributed by atoms with Crippen LogP contribution in [0.1, 0.15) is 44.6 Å². The third-order valence-electron chi connectivity index (χ3n) is 5.90. The first-order chi connectivity index (χ1) is 11.2. The Bertz CT molecular complexity index is 510. The Labute approximate surface area is 140 Å². The van der Waals surface area contributed by atoms with Gasteiger partial charge in [0.2, 0.25) is 5.91 Å². The zero-order valence-electron chi connectivity index (χ0n) is 14.4. The zero-order chi connectivity index (χ0) is 16.1. The number of carbonyl (C=O) groups is 1. The van der Waals surface area contributed by atoms with Crippen LogP contribution in [0.2, 0.25) is 0 Å². The first-order valence-electron chi connectivity index (χ1n) is 9.24. The van der Waals surface area contributed by atoms with Crippen molar-refractivity contribution in [3.05, 3.63) is 35.9 Å². The fourth-order valence-electron chi connectivity index (χ4n) is 4.32. The van der Waals surface area contributed by atoms with E-state index in [1.54, 1.807) is 0 Å². The minimum absolute atomic E-state index is 0.144. The molecule has 2 saturated heterocycles. The van der Waals surface area contributed by atoms with Crippen molar-refractivity contribution in [2.45, 2.75) is 45.4 Å². The van der Waals surface area contributed by atoms with Gasteiger partial charge in [-0.1, -0.05) is 43.7 Å². The van der Waals surface area contributed by atoms with Crippen molar-refractivity contribution in [1.82, 2.24) is 10.2 Å². The highest BCUT2D eigenvalue weighted by Gasteiger charge is 2.44. The standard InChI is InChI=1S/C20H30N2O/c1-20(18-9-13-21-14-10-18)12-5-6-15-22(19(20)23)16-11-17-7-3-2-4-8-17/h2-4,7-8,18,21H,5-6,9-16H2,1H3/t20-/m0/s1. The summed E-state index contributed by atoms with van der Waals surface area (Å²) in [7, 11) is 0. The van der Waals surface area contributed by atoms with Crippen LogP contribution in [-0.2, 0) is 11.2 Å². The summed E-state index contributed by atoms with van der Waals surface area (Å²) in [6.45, 7) is 6.18. The minimum atomic E-state index is -0.144. The fourth-order valence-corrected chi connectivity index (χ4v) is 4.32. The second-order valence-corrected chi connectivity index (χ2v) is 7.43. The second-order valence-electron chi connectivity index (χ2n) is 7.43. The van der Waals surface area contributed by atoms with Crippen LogP contribution >= 0.6 is 0 Å². The van der Waals surface area contributed by atoms with Crippen LogP contribution in [0.3, 0.4) is 0 Å². The van der Waals surface area contributed by atoms with Gasteiger partial charge in [-0.3, -0.25) is 4.79 Å². The zero-order valence-corrected chi connectivity index (χ0v) is 14.4. The number of nitrogens with zero attached hydrogens (tertiary/aromatic N) is 1. The molecule has 1 amide bonds. The minimum Gasteiger partial charge on any atom is -0.342 e. The Morgan fingerprint density at radius 3 is 2.65 bits per heavy atom. The number of hydrogen-bond acceptors (Lipinski definition) is 2. The van der Waals surface area contributed by atoms with Gasteiger partial charge in [0.25, 0.3) is 0 Å². The maximum Gasteiger partial charge on any atom is 0.228 e. The summed E-state index contributed by atoms with van der Waals surface area (Å²) in [5.41, 5.74) is 1.18. The predicted molar refractivity (Wildman–Crippen MR) is 94.3 cm³/mol. The predicted octanol–water partition coefficient (Wildman–Crippen LogP) is 3.25. The van der Waals surface area contributed by atoms with Gasteiger partial charge < -0.3 is 10.2 Å². The molecule has 3 nitrogen and oxygen atoms in total. The van der Waals surface area contributed by atoms with E-state index in [0.717, 1.165) is 58.3 Å². The molecule has 2 aliphatic heterocycles. The quantitative estimate of drug-likeness (QED) is 0.925. The van der Waals surface area contributed by atoms with Crippen LogP contribution < -0.4 is 5.32 Å². The fraction of sp³-hybridized carbons (Fsp3) is 0.650. The number of hydrogen-bond donors (Lipinski definition) is 1. The monoisotopic (exact) mass is 314 g/mol. The Kier molecular flexibility index (Phi) is 5.37. The highest BCUT2D eigenvalue weighted by Crippen LogP contribution is 2.41. The summed E-state index contributed by atoms with van der Waals surface area (Å²) >= 11 is 0. The molecule has 2 heterocycles. The summed E-state index contributed by atoms with van der Waals surface area (Å²) in [6, 6.07) is 10.5. The average Bonchev–Trinajstić information content (AvgIpc) is 2.75. The van der Waals surface area contributed by atoms with Crippen LogP contribution in [0.5, 0.6) is 0 Å². The van der Waals surface area contributed by atoms with Gasteiger partial charge in [0.15, 0.2) is 0 Å². The summed E-state index contributed by atoms with van der Waals surface area (Å²) in [6.07, 6.45) is 6.67. The van der Waals surface area contributed by atoms with Gasteiger partial charge in [0.1, 0.15) is 0 Å². The second kappa shape index (κ2) is 7.48. The Morgan fingerprint density at radius 2 is 1.91 bits per heavy atom. The van der Waals surface area contributed by atoms with Crippen molar-refractivity contribution in [3.8, 4) is 0 Å². The Hall–Kier alpha value is -1.35. The van der Waals surface area contributed by atoms with Crippen molar-refractivity contribution in [2.75, 3.05) is 26.2 Å². The number of piperidine rings is 1. The van der Waals surface area contributed by atoms with Crippen molar-refractivity contribution < 1.29 is 4.79 Å². The van der Waals surface area contributed by atoms with E-state index in [2.05, 4.69) is 47.5 Å². The molecule has 0 aromatic heterocycles. The molecule has 2 aliphatic rings. The van der Waals surface area contributed by atoms with Crippen LogP contribution in [0.15, 0.2) is 30.3 Å². The lowest BCUT2D eigenvalue weighted by Crippen LogP contribution is -2.48. The molecule has 1 N–H and O–H groups in total. The van der Waals surface area contributed by atoms with Crippen LogP contribution in [0.25, 0.3) is 0 Å². The van der Waals surface area contributed by atoms with Gasteiger partial charge in [-0.15, -0.1) is 0 Å². The molecule has 1 aromatic rings. The van der Waals surface area contributed by atoms with Gasteiger partial charge in [-0.05, 0) is 56.7 Å². The van der Waals surface area contributed by atoms with E-state index in [-0.39, 0.29) is 5.41 Å². The molecule has 126 valence electrons. The van der Waals surface area contributed by atoms with Crippen molar-refractivity contribution >= 4 is 5.91 Å². The molecule has 0 saturated carbocycles. The number of benzene rings is 1. The Balaban J connectivity index is 1.68. The largest absolute Gasteiger partial charge is 0.342 e. The molecule has 1 atom stereocenters. The summed E-state index contributed by atoms with van der Waals surface area (Å²) in [4.78, 5) is 15.4. The molecule has 0 unspecified atom stereocenters. The van der Waals surface area contributed by atoms with Crippen molar-refractivity contribution in [3.63, 3.8) is 0 Å². The molecule has 23 heavy (non-hydrogen) atoms. The highest BCUT2D eigenvalue weighted by atomic mass is 16.2. The normalized spacial score (nSPS) is 27.0. The van der Waals surface area contributed by atoms with Gasteiger partial charge in [-0.25, -0.2) is 0 Å². The maximum atomic E-state index is 13.3. The molecular weight excluding hydrogens is 284 g/mol. The average molecular weight is 314 g/mol. The summed E-state index contributed by atoms with van der Waals surface area (Å²) in [5.74, 6) is 0.964. The molecule has 0 aliphatic carbocycles. The molecule has 1 aromatic carbocycles. The lowest BCUT2D eigenvalue weighted by Gasteiger charge is -2.40. The molecule has 0 radical (unpaired) electrons. The van der Waals surface area contributed by atoms with Crippen LogP contribution in [0.4, 0.5) is 0 Å². The van der Waals surface area contributed by atoms with E-state index in [4.69, 9.17) is 0 Å². The third kappa shape index (κ3) is 3.77. The van der Waals surface area contributed by atoms with E-state index >= 15 is 0 Å². The van der Waals surface area contributed by atoms with Gasteiger partial charge in [0, 0.05) is 18.5 Å². The highest BCUT2D eigenvalue weighted by molar-refractivity contribution is 5.83. The molecular formula is C20H30N2O. The van der Waals surface area contributed by atoms with Crippen LogP contribution in [0, 0.1) is 11.3 Å². The van der Waals surface area contributed by atoms with Crippen LogP contribution in [-0.4, -0.2) is 37.0 Å². The van der Waals surface area contributed by atoms with E-state index < -0.39 is 0 Å². The van der Waals surface area contributed by atoms with E-state index in [0.29, 0.717) is 11.8 Å². The first-order valence-corrected chi connectivity index (χ1v) is 9.24. The molecule has 3 heteroatoms. The van der Waals surface area contributed by atoms with Crippen molar-refractivity contribution in [1.29, 1.82) is 0 Å². The van der Waals surface area contributed by atoms with Gasteiger partial charge >= 0.3 is 0 Å². The maximum absolute atomic E-state index is 13.3. The summed E-state index contributed by atoms with van der Waals surface area (Å²) < 4.78 is 0. The molecule has 3 rings (SSSR count). The summed E-state index contributed by atoms with van der Waals surface area (Å²) in [5, 5.41) is 3.43. The van der Waals surface area contributed by atoms with E-state index in [1.165, 1.54) is 12.0 Å². The smallest absolute Gasteiger partial charge is 0.228 e. The van der Waals surface area contributed by atoms with E-state index in [9.17, 15) is 4.79 Å². The first kappa shape index (κ1) is 16.5. The van der Waals surface area contributed by atoms with Gasteiger partial charge in [0.05, 0.1) is 0 Å². The molecule has 2 fully saturated rings. The number of likely N-dealkylation sites (tertiary alicyclic amines) is 1.